The second-order valence-electron chi connectivity index (χ2n) is 4.46. The Morgan fingerprint density at radius 2 is 2.15 bits per heavy atom. The van der Waals surface area contributed by atoms with Crippen molar-refractivity contribution in [1.82, 2.24) is 4.90 Å². The number of hydrogen-bond donors (Lipinski definition) is 2. The van der Waals surface area contributed by atoms with E-state index in [1.54, 1.807) is 13.8 Å². The molecular weight excluding hydrogens is 286 g/mol. The minimum absolute atomic E-state index is 0.00847. The van der Waals surface area contributed by atoms with E-state index in [4.69, 9.17) is 22.4 Å². The highest BCUT2D eigenvalue weighted by Gasteiger charge is 2.24. The molecule has 0 heterocycles. The van der Waals surface area contributed by atoms with E-state index in [1.165, 1.54) is 4.90 Å². The van der Waals surface area contributed by atoms with Crippen LogP contribution in [0.1, 0.15) is 24.2 Å². The average Bonchev–Trinajstić information content (AvgIpc) is 2.37. The predicted octanol–water partition coefficient (Wildman–Crippen LogP) is 1.67. The molecule has 0 bridgehead atoms. The zero-order valence-corrected chi connectivity index (χ0v) is 11.9. The van der Waals surface area contributed by atoms with Gasteiger partial charge in [0.15, 0.2) is 0 Å². The summed E-state index contributed by atoms with van der Waals surface area (Å²) in [6, 6.07) is 2.00. The van der Waals surface area contributed by atoms with Crippen molar-refractivity contribution in [1.29, 1.82) is 0 Å². The Morgan fingerprint density at radius 3 is 2.60 bits per heavy atom. The molecule has 0 aliphatic heterocycles. The Hall–Kier alpha value is -1.86. The maximum atomic E-state index is 12.4. The molecule has 8 heteroatoms. The first-order chi connectivity index (χ1) is 9.29. The molecule has 0 fully saturated rings. The fourth-order valence-corrected chi connectivity index (χ4v) is 1.96. The Bertz CT molecular complexity index is 534. The molecule has 0 aliphatic rings. The Kier molecular flexibility index (Phi) is 5.29. The van der Waals surface area contributed by atoms with E-state index >= 15 is 0 Å². The molecule has 0 saturated carbocycles. The van der Waals surface area contributed by atoms with Crippen molar-refractivity contribution in [2.24, 2.45) is 0 Å². The van der Waals surface area contributed by atoms with E-state index in [-0.39, 0.29) is 41.2 Å². The number of nitro benzene ring substituents is 1. The van der Waals surface area contributed by atoms with Crippen LogP contribution in [0.25, 0.3) is 0 Å². The molecule has 1 aromatic rings. The molecule has 1 amide bonds. The van der Waals surface area contributed by atoms with Gasteiger partial charge in [0, 0.05) is 24.7 Å². The number of non-ortho nitro benzene ring substituents is 1. The minimum atomic E-state index is -0.645. The van der Waals surface area contributed by atoms with Crippen LogP contribution in [0.3, 0.4) is 0 Å². The van der Waals surface area contributed by atoms with Gasteiger partial charge in [-0.25, -0.2) is 0 Å². The van der Waals surface area contributed by atoms with Crippen LogP contribution >= 0.6 is 11.6 Å². The average molecular weight is 302 g/mol. The second kappa shape index (κ2) is 6.53. The lowest BCUT2D eigenvalue weighted by molar-refractivity contribution is -0.384. The van der Waals surface area contributed by atoms with Crippen molar-refractivity contribution < 1.29 is 14.8 Å². The molecule has 0 spiro atoms. The molecule has 3 N–H and O–H groups in total. The van der Waals surface area contributed by atoms with Gasteiger partial charge in [0.05, 0.1) is 27.8 Å². The van der Waals surface area contributed by atoms with Gasteiger partial charge in [-0.2, -0.15) is 0 Å². The first-order valence-electron chi connectivity index (χ1n) is 5.94. The van der Waals surface area contributed by atoms with E-state index in [1.807, 2.05) is 0 Å². The van der Waals surface area contributed by atoms with Gasteiger partial charge in [-0.05, 0) is 13.8 Å². The van der Waals surface area contributed by atoms with Crippen LogP contribution in [0.15, 0.2) is 12.1 Å². The fourth-order valence-electron chi connectivity index (χ4n) is 1.74. The lowest BCUT2D eigenvalue weighted by Crippen LogP contribution is -2.39. The maximum Gasteiger partial charge on any atom is 0.271 e. The summed E-state index contributed by atoms with van der Waals surface area (Å²) in [5.41, 5.74) is 5.37. The van der Waals surface area contributed by atoms with Crippen molar-refractivity contribution in [2.45, 2.75) is 19.9 Å². The van der Waals surface area contributed by atoms with E-state index in [2.05, 4.69) is 0 Å². The summed E-state index contributed by atoms with van der Waals surface area (Å²) < 4.78 is 0. The molecule has 0 aliphatic carbocycles. The number of nitrogens with zero attached hydrogens (tertiary/aromatic N) is 2. The molecule has 0 aromatic heterocycles. The lowest BCUT2D eigenvalue weighted by Gasteiger charge is -2.26. The second-order valence-corrected chi connectivity index (χ2v) is 4.87. The molecule has 0 radical (unpaired) electrons. The van der Waals surface area contributed by atoms with Gasteiger partial charge in [-0.1, -0.05) is 11.6 Å². The van der Waals surface area contributed by atoms with Crippen LogP contribution < -0.4 is 5.73 Å². The summed E-state index contributed by atoms with van der Waals surface area (Å²) >= 11 is 5.82. The first-order valence-corrected chi connectivity index (χ1v) is 6.32. The standard InChI is InChI=1S/C12H16ClN3O4/c1-7(2)15(3-4-17)12(18)9-5-8(16(19)20)6-10(13)11(9)14/h5-7,17H,3-4,14H2,1-2H3. The van der Waals surface area contributed by atoms with Crippen LogP contribution in [0.5, 0.6) is 0 Å². The molecule has 20 heavy (non-hydrogen) atoms. The predicted molar refractivity (Wildman–Crippen MR) is 75.8 cm³/mol. The van der Waals surface area contributed by atoms with Crippen LogP contribution in [-0.2, 0) is 0 Å². The number of amides is 1. The van der Waals surface area contributed by atoms with Crippen molar-refractivity contribution in [3.8, 4) is 0 Å². The smallest absolute Gasteiger partial charge is 0.271 e. The van der Waals surface area contributed by atoms with Gasteiger partial charge in [0.25, 0.3) is 11.6 Å². The number of hydrogen-bond acceptors (Lipinski definition) is 5. The van der Waals surface area contributed by atoms with Crippen molar-refractivity contribution >= 4 is 28.9 Å². The summed E-state index contributed by atoms with van der Waals surface area (Å²) in [6.45, 7) is 3.42. The number of anilines is 1. The van der Waals surface area contributed by atoms with Crippen molar-refractivity contribution in [2.75, 3.05) is 18.9 Å². The quantitative estimate of drug-likeness (QED) is 0.488. The van der Waals surface area contributed by atoms with Crippen molar-refractivity contribution in [3.05, 3.63) is 32.8 Å². The largest absolute Gasteiger partial charge is 0.397 e. The number of halogens is 1. The number of rotatable bonds is 5. The van der Waals surface area contributed by atoms with Crippen LogP contribution in [0.2, 0.25) is 5.02 Å². The molecule has 1 rings (SSSR count). The Labute approximate surface area is 121 Å². The number of nitrogen functional groups attached to an aromatic ring is 1. The number of aliphatic hydroxyl groups is 1. The topological polar surface area (TPSA) is 110 Å². The number of aliphatic hydroxyl groups excluding tert-OH is 1. The van der Waals surface area contributed by atoms with Crippen LogP contribution in [0.4, 0.5) is 11.4 Å². The fraction of sp³-hybridized carbons (Fsp3) is 0.417. The summed E-state index contributed by atoms with van der Waals surface area (Å²) in [7, 11) is 0. The van der Waals surface area contributed by atoms with Gasteiger partial charge in [-0.15, -0.1) is 0 Å². The maximum absolute atomic E-state index is 12.4. The van der Waals surface area contributed by atoms with E-state index in [9.17, 15) is 14.9 Å². The van der Waals surface area contributed by atoms with Gasteiger partial charge < -0.3 is 15.7 Å². The monoisotopic (exact) mass is 301 g/mol. The number of nitro groups is 1. The summed E-state index contributed by atoms with van der Waals surface area (Å²) in [5, 5.41) is 19.8. The van der Waals surface area contributed by atoms with E-state index in [0.29, 0.717) is 0 Å². The first kappa shape index (κ1) is 16.2. The van der Waals surface area contributed by atoms with E-state index < -0.39 is 10.8 Å². The van der Waals surface area contributed by atoms with Gasteiger partial charge in [0.1, 0.15) is 0 Å². The molecule has 0 saturated heterocycles. The number of carbonyl (C=O) groups excluding carboxylic acids is 1. The highest BCUT2D eigenvalue weighted by atomic mass is 35.5. The normalized spacial score (nSPS) is 10.7. The molecule has 0 unspecified atom stereocenters. The third kappa shape index (κ3) is 3.37. The number of carbonyl (C=O) groups is 1. The number of nitrogens with two attached hydrogens (primary N) is 1. The Balaban J connectivity index is 3.29. The van der Waals surface area contributed by atoms with Gasteiger partial charge in [0.2, 0.25) is 0 Å². The summed E-state index contributed by atoms with van der Waals surface area (Å²) in [5.74, 6) is -0.503. The third-order valence-electron chi connectivity index (χ3n) is 2.78. The summed E-state index contributed by atoms with van der Waals surface area (Å²) in [6.07, 6.45) is 0. The molecule has 110 valence electrons. The minimum Gasteiger partial charge on any atom is -0.397 e. The van der Waals surface area contributed by atoms with Gasteiger partial charge in [-0.3, -0.25) is 14.9 Å². The van der Waals surface area contributed by atoms with Crippen LogP contribution in [-0.4, -0.2) is 40.0 Å². The zero-order chi connectivity index (χ0) is 15.4. The molecule has 7 nitrogen and oxygen atoms in total. The van der Waals surface area contributed by atoms with E-state index in [0.717, 1.165) is 12.1 Å². The summed E-state index contributed by atoms with van der Waals surface area (Å²) in [4.78, 5) is 23.9. The highest BCUT2D eigenvalue weighted by molar-refractivity contribution is 6.34. The van der Waals surface area contributed by atoms with Crippen LogP contribution in [0, 0.1) is 10.1 Å². The Morgan fingerprint density at radius 1 is 1.55 bits per heavy atom. The SMILES string of the molecule is CC(C)N(CCO)C(=O)c1cc([N+](=O)[O-])cc(Cl)c1N. The highest BCUT2D eigenvalue weighted by Crippen LogP contribution is 2.30. The molecule has 1 aromatic carbocycles. The molecular formula is C12H16ClN3O4. The molecule has 0 atom stereocenters. The lowest BCUT2D eigenvalue weighted by atomic mass is 10.1. The zero-order valence-electron chi connectivity index (χ0n) is 11.2. The van der Waals surface area contributed by atoms with Crippen molar-refractivity contribution in [3.63, 3.8) is 0 Å². The third-order valence-corrected chi connectivity index (χ3v) is 3.09. The number of benzene rings is 1. The van der Waals surface area contributed by atoms with Gasteiger partial charge >= 0.3 is 0 Å².